The largest absolute Gasteiger partial charge is 0.333 e. The molecule has 1 aliphatic heterocycles. The van der Waals surface area contributed by atoms with Crippen molar-refractivity contribution in [3.63, 3.8) is 0 Å². The molecular weight excluding hydrogens is 396 g/mol. The first-order chi connectivity index (χ1) is 14.5. The Labute approximate surface area is 181 Å². The van der Waals surface area contributed by atoms with E-state index in [1.165, 1.54) is 16.9 Å². The third-order valence-corrected chi connectivity index (χ3v) is 6.48. The van der Waals surface area contributed by atoms with E-state index < -0.39 is 0 Å². The van der Waals surface area contributed by atoms with Crippen LogP contribution in [0.3, 0.4) is 0 Å². The fourth-order valence-electron chi connectivity index (χ4n) is 3.88. The molecule has 0 unspecified atom stereocenters. The monoisotopic (exact) mass is 426 g/mol. The van der Waals surface area contributed by atoms with Crippen LogP contribution in [-0.4, -0.2) is 69.5 Å². The van der Waals surface area contributed by atoms with Gasteiger partial charge in [0, 0.05) is 57.6 Å². The predicted molar refractivity (Wildman–Crippen MR) is 122 cm³/mol. The zero-order valence-corrected chi connectivity index (χ0v) is 18.8. The van der Waals surface area contributed by atoms with E-state index >= 15 is 0 Å². The highest BCUT2D eigenvalue weighted by Gasteiger charge is 2.20. The predicted octanol–water partition coefficient (Wildman–Crippen LogP) is 3.18. The first kappa shape index (κ1) is 21.0. The van der Waals surface area contributed by atoms with Gasteiger partial charge in [-0.2, -0.15) is 0 Å². The maximum atomic E-state index is 12.5. The lowest BCUT2D eigenvalue weighted by atomic mass is 10.2. The second-order valence-corrected chi connectivity index (χ2v) is 9.32. The number of piperazine rings is 1. The van der Waals surface area contributed by atoms with Crippen LogP contribution in [-0.2, 0) is 11.3 Å². The normalized spacial score (nSPS) is 15.9. The Morgan fingerprint density at radius 1 is 1.17 bits per heavy atom. The summed E-state index contributed by atoms with van der Waals surface area (Å²) < 4.78 is 3.36. The number of nitrogens with one attached hydrogen (secondary N) is 1. The van der Waals surface area contributed by atoms with Crippen molar-refractivity contribution in [3.05, 3.63) is 42.0 Å². The number of rotatable bonds is 7. The molecular formula is C22H30N6OS. The molecule has 160 valence electrons. The molecule has 0 aliphatic carbocycles. The molecule has 0 bridgehead atoms. The highest BCUT2D eigenvalue weighted by molar-refractivity contribution is 7.22. The van der Waals surface area contributed by atoms with E-state index in [-0.39, 0.29) is 5.91 Å². The summed E-state index contributed by atoms with van der Waals surface area (Å²) in [5.74, 6) is 1.60. The lowest BCUT2D eigenvalue weighted by molar-refractivity contribution is -0.117. The van der Waals surface area contributed by atoms with E-state index in [1.807, 2.05) is 18.3 Å². The molecule has 1 saturated heterocycles. The second kappa shape index (κ2) is 9.24. The Kier molecular flexibility index (Phi) is 6.46. The standard InChI is InChI=1S/C22H30N6OS/c1-16(2)21-23-6-7-28(21)13-12-26-8-10-27(11-9-26)15-20(29)25-22-24-18-5-4-17(3)14-19(18)30-22/h4-7,14,16H,8-13,15H2,1-3H3,(H,24,25,29). The lowest BCUT2D eigenvalue weighted by Crippen LogP contribution is -2.49. The highest BCUT2D eigenvalue weighted by Crippen LogP contribution is 2.26. The first-order valence-electron chi connectivity index (χ1n) is 10.6. The number of benzene rings is 1. The van der Waals surface area contributed by atoms with Gasteiger partial charge in [0.05, 0.1) is 16.8 Å². The van der Waals surface area contributed by atoms with Gasteiger partial charge in [-0.1, -0.05) is 31.3 Å². The lowest BCUT2D eigenvalue weighted by Gasteiger charge is -2.34. The van der Waals surface area contributed by atoms with Crippen LogP contribution in [0.25, 0.3) is 10.2 Å². The van der Waals surface area contributed by atoms with Crippen molar-refractivity contribution in [2.75, 3.05) is 44.6 Å². The van der Waals surface area contributed by atoms with Gasteiger partial charge in [0.15, 0.2) is 5.13 Å². The molecule has 1 aliphatic rings. The number of fused-ring (bicyclic) bond motifs is 1. The van der Waals surface area contributed by atoms with Gasteiger partial charge >= 0.3 is 0 Å². The summed E-state index contributed by atoms with van der Waals surface area (Å²) >= 11 is 1.53. The molecule has 7 nitrogen and oxygen atoms in total. The SMILES string of the molecule is Cc1ccc2nc(NC(=O)CN3CCN(CCn4ccnc4C(C)C)CC3)sc2c1. The first-order valence-corrected chi connectivity index (χ1v) is 11.4. The van der Waals surface area contributed by atoms with E-state index in [1.54, 1.807) is 0 Å². The number of carbonyl (C=O) groups excluding carboxylic acids is 1. The van der Waals surface area contributed by atoms with Crippen LogP contribution in [0.15, 0.2) is 30.6 Å². The molecule has 1 aromatic carbocycles. The molecule has 8 heteroatoms. The van der Waals surface area contributed by atoms with Crippen LogP contribution in [0.2, 0.25) is 0 Å². The summed E-state index contributed by atoms with van der Waals surface area (Å²) in [5.41, 5.74) is 2.14. The zero-order chi connectivity index (χ0) is 21.1. The molecule has 4 rings (SSSR count). The van der Waals surface area contributed by atoms with E-state index in [0.29, 0.717) is 17.6 Å². The van der Waals surface area contributed by atoms with Crippen molar-refractivity contribution < 1.29 is 4.79 Å². The number of anilines is 1. The molecule has 3 heterocycles. The zero-order valence-electron chi connectivity index (χ0n) is 18.0. The van der Waals surface area contributed by atoms with Crippen LogP contribution < -0.4 is 5.32 Å². The Balaban J connectivity index is 1.22. The van der Waals surface area contributed by atoms with Crippen molar-refractivity contribution in [2.24, 2.45) is 0 Å². The van der Waals surface area contributed by atoms with E-state index in [2.05, 4.69) is 62.7 Å². The fourth-order valence-corrected chi connectivity index (χ4v) is 4.86. The number of hydrogen-bond donors (Lipinski definition) is 1. The van der Waals surface area contributed by atoms with E-state index in [9.17, 15) is 4.79 Å². The van der Waals surface area contributed by atoms with Crippen molar-refractivity contribution in [1.82, 2.24) is 24.3 Å². The van der Waals surface area contributed by atoms with Gasteiger partial charge in [-0.05, 0) is 24.6 Å². The van der Waals surface area contributed by atoms with Crippen molar-refractivity contribution >= 4 is 32.6 Å². The molecule has 2 aromatic heterocycles. The maximum Gasteiger partial charge on any atom is 0.240 e. The number of nitrogens with zero attached hydrogens (tertiary/aromatic N) is 5. The number of aromatic nitrogens is 3. The smallest absolute Gasteiger partial charge is 0.240 e. The minimum Gasteiger partial charge on any atom is -0.333 e. The van der Waals surface area contributed by atoms with E-state index in [0.717, 1.165) is 55.3 Å². The Morgan fingerprint density at radius 2 is 1.93 bits per heavy atom. The van der Waals surface area contributed by atoms with Crippen molar-refractivity contribution in [2.45, 2.75) is 33.2 Å². The molecule has 1 N–H and O–H groups in total. The van der Waals surface area contributed by atoms with E-state index in [4.69, 9.17) is 0 Å². The molecule has 0 spiro atoms. The maximum absolute atomic E-state index is 12.5. The Hall–Kier alpha value is -2.29. The van der Waals surface area contributed by atoms with Gasteiger partial charge in [0.2, 0.25) is 5.91 Å². The summed E-state index contributed by atoms with van der Waals surface area (Å²) in [4.78, 5) is 26.2. The van der Waals surface area contributed by atoms with Gasteiger partial charge in [-0.3, -0.25) is 14.6 Å². The minimum absolute atomic E-state index is 0.0132. The number of imidazole rings is 1. The van der Waals surface area contributed by atoms with Crippen molar-refractivity contribution in [1.29, 1.82) is 0 Å². The van der Waals surface area contributed by atoms with Gasteiger partial charge < -0.3 is 9.88 Å². The average molecular weight is 427 g/mol. The molecule has 0 atom stereocenters. The number of amides is 1. The van der Waals surface area contributed by atoms with Crippen LogP contribution in [0.4, 0.5) is 5.13 Å². The third kappa shape index (κ3) is 5.06. The molecule has 1 fully saturated rings. The van der Waals surface area contributed by atoms with Gasteiger partial charge in [-0.15, -0.1) is 0 Å². The summed E-state index contributed by atoms with van der Waals surface area (Å²) in [7, 11) is 0. The van der Waals surface area contributed by atoms with Gasteiger partial charge in [0.1, 0.15) is 5.82 Å². The molecule has 30 heavy (non-hydrogen) atoms. The average Bonchev–Trinajstić information content (AvgIpc) is 3.33. The van der Waals surface area contributed by atoms with Crippen LogP contribution >= 0.6 is 11.3 Å². The Bertz CT molecular complexity index is 1000. The van der Waals surface area contributed by atoms with Crippen LogP contribution in [0.5, 0.6) is 0 Å². The van der Waals surface area contributed by atoms with Gasteiger partial charge in [0.25, 0.3) is 0 Å². The molecule has 0 saturated carbocycles. The van der Waals surface area contributed by atoms with Gasteiger partial charge in [-0.25, -0.2) is 9.97 Å². The fraction of sp³-hybridized carbons (Fsp3) is 0.500. The topological polar surface area (TPSA) is 66.3 Å². The molecule has 0 radical (unpaired) electrons. The number of thiazole rings is 1. The summed E-state index contributed by atoms with van der Waals surface area (Å²) in [5, 5.41) is 3.65. The summed E-state index contributed by atoms with van der Waals surface area (Å²) in [6.07, 6.45) is 3.96. The summed E-state index contributed by atoms with van der Waals surface area (Å²) in [6, 6.07) is 6.16. The number of aryl methyl sites for hydroxylation is 1. The Morgan fingerprint density at radius 3 is 2.70 bits per heavy atom. The minimum atomic E-state index is 0.0132. The number of hydrogen-bond acceptors (Lipinski definition) is 6. The number of carbonyl (C=O) groups is 1. The van der Waals surface area contributed by atoms with Crippen LogP contribution in [0, 0.1) is 6.92 Å². The third-order valence-electron chi connectivity index (χ3n) is 5.54. The summed E-state index contributed by atoms with van der Waals surface area (Å²) in [6.45, 7) is 12.6. The van der Waals surface area contributed by atoms with Crippen LogP contribution in [0.1, 0.15) is 31.2 Å². The molecule has 1 amide bonds. The second-order valence-electron chi connectivity index (χ2n) is 8.29. The highest BCUT2D eigenvalue weighted by atomic mass is 32.1. The quantitative estimate of drug-likeness (QED) is 0.629. The van der Waals surface area contributed by atoms with Crippen molar-refractivity contribution in [3.8, 4) is 0 Å². The molecule has 3 aromatic rings.